The summed E-state index contributed by atoms with van der Waals surface area (Å²) in [4.78, 5) is 1.68. The van der Waals surface area contributed by atoms with Crippen molar-refractivity contribution < 1.29 is 15.3 Å². The Balaban J connectivity index is 4.02. The third-order valence-corrected chi connectivity index (χ3v) is 1.78. The molecular weight excluding hydrogens is 170 g/mol. The zero-order valence-electron chi connectivity index (χ0n) is 8.64. The molecule has 80 valence electrons. The van der Waals surface area contributed by atoms with E-state index in [1.165, 1.54) is 0 Å². The van der Waals surface area contributed by atoms with Crippen LogP contribution in [0.1, 0.15) is 27.2 Å². The van der Waals surface area contributed by atoms with Crippen LogP contribution in [0, 0.1) is 0 Å². The smallest absolute Gasteiger partial charge is 0.107 e. The summed E-state index contributed by atoms with van der Waals surface area (Å²) in [7, 11) is 0. The standard InChI is InChI=1S/C9H21NO3/c1-4-9(13)10(5-7(2)11)6-8(3)12/h7-9,11-13H,4-6H2,1-3H3. The van der Waals surface area contributed by atoms with Crippen LogP contribution in [-0.2, 0) is 0 Å². The Labute approximate surface area is 79.8 Å². The number of rotatable bonds is 6. The average Bonchev–Trinajstić information content (AvgIpc) is 2.00. The molecule has 0 saturated heterocycles. The van der Waals surface area contributed by atoms with E-state index in [2.05, 4.69) is 0 Å². The van der Waals surface area contributed by atoms with Gasteiger partial charge in [0.1, 0.15) is 6.23 Å². The second-order valence-electron chi connectivity index (χ2n) is 3.54. The summed E-state index contributed by atoms with van der Waals surface area (Å²) in [6, 6.07) is 0. The highest BCUT2D eigenvalue weighted by Gasteiger charge is 2.17. The van der Waals surface area contributed by atoms with Gasteiger partial charge in [0.05, 0.1) is 12.2 Å². The highest BCUT2D eigenvalue weighted by atomic mass is 16.3. The van der Waals surface area contributed by atoms with E-state index in [4.69, 9.17) is 10.2 Å². The summed E-state index contributed by atoms with van der Waals surface area (Å²) >= 11 is 0. The van der Waals surface area contributed by atoms with E-state index < -0.39 is 18.4 Å². The van der Waals surface area contributed by atoms with Crippen LogP contribution in [0.2, 0.25) is 0 Å². The van der Waals surface area contributed by atoms with Crippen LogP contribution in [0.25, 0.3) is 0 Å². The molecule has 0 spiro atoms. The van der Waals surface area contributed by atoms with Gasteiger partial charge in [-0.25, -0.2) is 0 Å². The molecule has 3 N–H and O–H groups in total. The Hall–Kier alpha value is -0.160. The highest BCUT2D eigenvalue weighted by Crippen LogP contribution is 2.03. The predicted octanol–water partition coefficient (Wildman–Crippen LogP) is -0.222. The number of nitrogens with zero attached hydrogens (tertiary/aromatic N) is 1. The van der Waals surface area contributed by atoms with Gasteiger partial charge < -0.3 is 15.3 Å². The molecule has 0 rings (SSSR count). The van der Waals surface area contributed by atoms with Crippen molar-refractivity contribution in [1.29, 1.82) is 0 Å². The molecule has 0 aromatic heterocycles. The molecule has 0 radical (unpaired) electrons. The molecule has 0 fully saturated rings. The van der Waals surface area contributed by atoms with Crippen molar-refractivity contribution in [2.24, 2.45) is 0 Å². The Morgan fingerprint density at radius 1 is 1.00 bits per heavy atom. The minimum Gasteiger partial charge on any atom is -0.392 e. The molecule has 4 nitrogen and oxygen atoms in total. The van der Waals surface area contributed by atoms with Crippen LogP contribution < -0.4 is 0 Å². The first-order valence-electron chi connectivity index (χ1n) is 4.75. The second-order valence-corrected chi connectivity index (χ2v) is 3.54. The van der Waals surface area contributed by atoms with Crippen molar-refractivity contribution in [2.75, 3.05) is 13.1 Å². The van der Waals surface area contributed by atoms with Gasteiger partial charge in [-0.3, -0.25) is 4.90 Å². The fraction of sp³-hybridized carbons (Fsp3) is 1.00. The molecule has 0 bridgehead atoms. The summed E-state index contributed by atoms with van der Waals surface area (Å²) in [6.45, 7) is 5.97. The molecule has 3 unspecified atom stereocenters. The van der Waals surface area contributed by atoms with E-state index >= 15 is 0 Å². The lowest BCUT2D eigenvalue weighted by molar-refractivity contribution is -0.0404. The molecule has 0 aliphatic carbocycles. The lowest BCUT2D eigenvalue weighted by Gasteiger charge is -2.29. The van der Waals surface area contributed by atoms with Gasteiger partial charge in [-0.05, 0) is 20.3 Å². The topological polar surface area (TPSA) is 63.9 Å². The predicted molar refractivity (Wildman–Crippen MR) is 51.2 cm³/mol. The maximum Gasteiger partial charge on any atom is 0.107 e. The Morgan fingerprint density at radius 2 is 1.38 bits per heavy atom. The normalized spacial score (nSPS) is 18.7. The molecular formula is C9H21NO3. The van der Waals surface area contributed by atoms with Gasteiger partial charge >= 0.3 is 0 Å². The molecule has 0 aliphatic rings. The summed E-state index contributed by atoms with van der Waals surface area (Å²) in [5.74, 6) is 0. The molecule has 0 heterocycles. The van der Waals surface area contributed by atoms with Crippen molar-refractivity contribution in [1.82, 2.24) is 4.90 Å². The monoisotopic (exact) mass is 191 g/mol. The number of hydrogen-bond acceptors (Lipinski definition) is 4. The SMILES string of the molecule is CCC(O)N(CC(C)O)CC(C)O. The van der Waals surface area contributed by atoms with Crippen LogP contribution in [-0.4, -0.2) is 51.7 Å². The molecule has 13 heavy (non-hydrogen) atoms. The second kappa shape index (κ2) is 6.32. The maximum absolute atomic E-state index is 9.52. The largest absolute Gasteiger partial charge is 0.392 e. The third kappa shape index (κ3) is 5.99. The Morgan fingerprint density at radius 3 is 1.62 bits per heavy atom. The van der Waals surface area contributed by atoms with Crippen LogP contribution in [0.3, 0.4) is 0 Å². The van der Waals surface area contributed by atoms with Crippen molar-refractivity contribution in [2.45, 2.75) is 45.6 Å². The first-order chi connectivity index (χ1) is 5.97. The minimum atomic E-state index is -0.579. The van der Waals surface area contributed by atoms with Gasteiger partial charge in [-0.1, -0.05) is 6.92 Å². The molecule has 3 atom stereocenters. The highest BCUT2D eigenvalue weighted by molar-refractivity contribution is 4.66. The lowest BCUT2D eigenvalue weighted by Crippen LogP contribution is -2.43. The Kier molecular flexibility index (Phi) is 6.24. The summed E-state index contributed by atoms with van der Waals surface area (Å²) < 4.78 is 0. The zero-order valence-corrected chi connectivity index (χ0v) is 8.64. The number of aliphatic hydroxyl groups is 3. The van der Waals surface area contributed by atoms with Gasteiger partial charge in [0.2, 0.25) is 0 Å². The van der Waals surface area contributed by atoms with Crippen molar-refractivity contribution in [3.8, 4) is 0 Å². The number of hydrogen-bond donors (Lipinski definition) is 3. The Bertz CT molecular complexity index is 118. The molecule has 0 amide bonds. The van der Waals surface area contributed by atoms with E-state index in [0.29, 0.717) is 19.5 Å². The molecule has 0 aromatic rings. The van der Waals surface area contributed by atoms with Crippen LogP contribution in [0.15, 0.2) is 0 Å². The maximum atomic E-state index is 9.52. The zero-order chi connectivity index (χ0) is 10.4. The van der Waals surface area contributed by atoms with E-state index in [0.717, 1.165) is 0 Å². The van der Waals surface area contributed by atoms with E-state index in [9.17, 15) is 5.11 Å². The lowest BCUT2D eigenvalue weighted by atomic mass is 10.2. The quantitative estimate of drug-likeness (QED) is 0.508. The van der Waals surface area contributed by atoms with E-state index in [1.54, 1.807) is 18.7 Å². The van der Waals surface area contributed by atoms with Gasteiger partial charge in [0, 0.05) is 13.1 Å². The number of aliphatic hydroxyl groups excluding tert-OH is 3. The average molecular weight is 191 g/mol. The fourth-order valence-corrected chi connectivity index (χ4v) is 1.25. The van der Waals surface area contributed by atoms with Gasteiger partial charge in [-0.15, -0.1) is 0 Å². The first-order valence-corrected chi connectivity index (χ1v) is 4.75. The molecule has 0 saturated carbocycles. The minimum absolute atomic E-state index is 0.389. The van der Waals surface area contributed by atoms with Crippen molar-refractivity contribution >= 4 is 0 Å². The fourth-order valence-electron chi connectivity index (χ4n) is 1.25. The van der Waals surface area contributed by atoms with Crippen LogP contribution in [0.4, 0.5) is 0 Å². The van der Waals surface area contributed by atoms with Crippen molar-refractivity contribution in [3.63, 3.8) is 0 Å². The summed E-state index contributed by atoms with van der Waals surface area (Å²) in [5, 5.41) is 27.8. The van der Waals surface area contributed by atoms with Gasteiger partial charge in [-0.2, -0.15) is 0 Å². The summed E-state index contributed by atoms with van der Waals surface area (Å²) in [6.07, 6.45) is -0.955. The molecule has 0 aromatic carbocycles. The summed E-state index contributed by atoms with van der Waals surface area (Å²) in [5.41, 5.74) is 0. The van der Waals surface area contributed by atoms with E-state index in [1.807, 2.05) is 6.92 Å². The van der Waals surface area contributed by atoms with E-state index in [-0.39, 0.29) is 0 Å². The van der Waals surface area contributed by atoms with Crippen molar-refractivity contribution in [3.05, 3.63) is 0 Å². The first kappa shape index (κ1) is 12.8. The van der Waals surface area contributed by atoms with Crippen LogP contribution in [0.5, 0.6) is 0 Å². The molecule has 4 heteroatoms. The van der Waals surface area contributed by atoms with Gasteiger partial charge in [0.25, 0.3) is 0 Å². The molecule has 0 aliphatic heterocycles. The third-order valence-electron chi connectivity index (χ3n) is 1.78. The van der Waals surface area contributed by atoms with Gasteiger partial charge in [0.15, 0.2) is 0 Å². The van der Waals surface area contributed by atoms with Crippen LogP contribution >= 0.6 is 0 Å².